The molecule has 52 heavy (non-hydrogen) atoms. The Kier molecular flexibility index (Phi) is 17.9. The number of hydrogen-bond donors (Lipinski definition) is 1. The van der Waals surface area contributed by atoms with E-state index >= 15 is 0 Å². The van der Waals surface area contributed by atoms with Crippen LogP contribution in [-0.4, -0.2) is 16.6 Å². The number of hydrogen-bond acceptors (Lipinski definition) is 3. The van der Waals surface area contributed by atoms with Crippen molar-refractivity contribution < 1.29 is 5.11 Å². The van der Waals surface area contributed by atoms with Gasteiger partial charge in [-0.05, 0) is 92.5 Å². The molecule has 1 N–H and O–H groups in total. The predicted octanol–water partition coefficient (Wildman–Crippen LogP) is 15.8. The van der Waals surface area contributed by atoms with E-state index < -0.39 is 0 Å². The van der Waals surface area contributed by atoms with Gasteiger partial charge < -0.3 is 5.11 Å². The molecule has 3 aromatic carbocycles. The van der Waals surface area contributed by atoms with Gasteiger partial charge >= 0.3 is 0 Å². The maximum atomic E-state index is 12.3. The van der Waals surface area contributed by atoms with Gasteiger partial charge in [0, 0.05) is 17.4 Å². The van der Waals surface area contributed by atoms with Gasteiger partial charge in [0.25, 0.3) is 0 Å². The largest absolute Gasteiger partial charge is 0.507 e. The summed E-state index contributed by atoms with van der Waals surface area (Å²) in [7, 11) is 0. The summed E-state index contributed by atoms with van der Waals surface area (Å²) in [6.07, 6.45) is 30.7. The molecule has 0 radical (unpaired) electrons. The van der Waals surface area contributed by atoms with Crippen molar-refractivity contribution in [1.82, 2.24) is 0 Å². The number of aromatic hydroxyl groups is 1. The van der Waals surface area contributed by atoms with E-state index in [1.165, 1.54) is 159 Å². The normalized spacial score (nSPS) is 16.2. The fourth-order valence-electron chi connectivity index (χ4n) is 8.24. The van der Waals surface area contributed by atoms with Crippen LogP contribution in [0.2, 0.25) is 0 Å². The Balaban J connectivity index is 1.43. The quantitative estimate of drug-likeness (QED) is 0.0829. The number of thioether (sulfide) groups is 2. The maximum absolute atomic E-state index is 12.3. The number of unbranched alkanes of at least 4 members (excludes halogenated alkanes) is 16. The van der Waals surface area contributed by atoms with Crippen molar-refractivity contribution in [3.8, 4) is 5.75 Å². The first kappa shape index (κ1) is 40.8. The molecular formula is C49H68OS2. The third kappa shape index (κ3) is 11.6. The molecule has 0 bridgehead atoms. The first-order valence-corrected chi connectivity index (χ1v) is 23.4. The molecule has 3 aromatic rings. The van der Waals surface area contributed by atoms with Crippen LogP contribution in [0.5, 0.6) is 5.75 Å². The van der Waals surface area contributed by atoms with E-state index in [0.29, 0.717) is 5.75 Å². The Hall–Kier alpha value is -2.36. The van der Waals surface area contributed by atoms with E-state index in [1.54, 1.807) is 0 Å². The number of phenols is 1. The van der Waals surface area contributed by atoms with Crippen molar-refractivity contribution in [3.05, 3.63) is 109 Å². The highest BCUT2D eigenvalue weighted by molar-refractivity contribution is 8.03. The number of allylic oxidation sites excluding steroid dienone is 2. The van der Waals surface area contributed by atoms with E-state index in [-0.39, 0.29) is 11.8 Å². The molecule has 3 heteroatoms. The summed E-state index contributed by atoms with van der Waals surface area (Å²) >= 11 is 4.11. The Morgan fingerprint density at radius 3 is 1.46 bits per heavy atom. The van der Waals surface area contributed by atoms with Crippen LogP contribution in [0.25, 0.3) is 12.2 Å². The van der Waals surface area contributed by atoms with Gasteiger partial charge in [0.1, 0.15) is 5.75 Å². The van der Waals surface area contributed by atoms with Crippen molar-refractivity contribution in [1.29, 1.82) is 0 Å². The molecule has 0 saturated heterocycles. The zero-order valence-corrected chi connectivity index (χ0v) is 34.5. The number of aryl methyl sites for hydroxylation is 1. The van der Waals surface area contributed by atoms with Crippen LogP contribution in [0.15, 0.2) is 70.5 Å². The molecule has 2 aliphatic carbocycles. The summed E-state index contributed by atoms with van der Waals surface area (Å²) in [5, 5.41) is 12.3. The van der Waals surface area contributed by atoms with Gasteiger partial charge in [0.2, 0.25) is 0 Å². The molecule has 0 fully saturated rings. The van der Waals surface area contributed by atoms with Gasteiger partial charge in [0.05, 0.1) is 0 Å². The molecular weight excluding hydrogens is 669 g/mol. The molecule has 2 atom stereocenters. The van der Waals surface area contributed by atoms with Gasteiger partial charge in [0.15, 0.2) is 0 Å². The highest BCUT2D eigenvalue weighted by atomic mass is 32.2. The fourth-order valence-corrected chi connectivity index (χ4v) is 10.7. The average Bonchev–Trinajstić information content (AvgIpc) is 3.72. The zero-order valence-electron chi connectivity index (χ0n) is 32.9. The van der Waals surface area contributed by atoms with Crippen LogP contribution in [0.4, 0.5) is 0 Å². The van der Waals surface area contributed by atoms with Gasteiger partial charge in [-0.15, -0.1) is 23.5 Å². The van der Waals surface area contributed by atoms with Crippen molar-refractivity contribution in [2.75, 3.05) is 11.5 Å². The van der Waals surface area contributed by atoms with Crippen LogP contribution in [0.1, 0.15) is 194 Å². The maximum Gasteiger partial charge on any atom is 0.122 e. The summed E-state index contributed by atoms with van der Waals surface area (Å²) in [6.45, 7) is 6.88. The molecule has 0 saturated carbocycles. The summed E-state index contributed by atoms with van der Waals surface area (Å²) in [5.41, 5.74) is 9.08. The van der Waals surface area contributed by atoms with Crippen molar-refractivity contribution >= 4 is 35.7 Å². The monoisotopic (exact) mass is 736 g/mol. The molecule has 5 rings (SSSR count). The van der Waals surface area contributed by atoms with Crippen LogP contribution < -0.4 is 0 Å². The average molecular weight is 737 g/mol. The highest BCUT2D eigenvalue weighted by Gasteiger charge is 2.33. The van der Waals surface area contributed by atoms with E-state index in [4.69, 9.17) is 0 Å². The van der Waals surface area contributed by atoms with Crippen LogP contribution in [0, 0.1) is 0 Å². The summed E-state index contributed by atoms with van der Waals surface area (Å²) < 4.78 is 0. The minimum absolute atomic E-state index is 0.0916. The smallest absolute Gasteiger partial charge is 0.122 e. The predicted molar refractivity (Wildman–Crippen MR) is 234 cm³/mol. The molecule has 0 aliphatic heterocycles. The zero-order chi connectivity index (χ0) is 36.4. The number of rotatable bonds is 26. The Morgan fingerprint density at radius 2 is 0.923 bits per heavy atom. The van der Waals surface area contributed by atoms with Crippen molar-refractivity contribution in [2.45, 2.75) is 161 Å². The standard InChI is InChI=1S/C49H68OS2/c1-4-7-10-13-16-17-20-29-40-34-41(47-42-30-23-21-27-38(42)36-45(47)51-32-25-18-14-11-8-5-2)35-44(49(40)50)48-43-31-24-22-28-39(43)37-46(48)52-33-26-19-15-12-9-6-3/h21-24,27-28,30-31,34-37,47-48,50H,4-20,25-26,29,32-33H2,1-3H3. The highest BCUT2D eigenvalue weighted by Crippen LogP contribution is 2.52. The van der Waals surface area contributed by atoms with Crippen LogP contribution >= 0.6 is 23.5 Å². The topological polar surface area (TPSA) is 20.2 Å². The summed E-state index contributed by atoms with van der Waals surface area (Å²) in [5.74, 6) is 3.18. The van der Waals surface area contributed by atoms with Crippen LogP contribution in [0.3, 0.4) is 0 Å². The number of fused-ring (bicyclic) bond motifs is 2. The SMILES string of the molecule is CCCCCCCCCc1cc(C2C(SCCCCCCCC)=Cc3ccccc32)cc(C2C(SCCCCCCCC)=Cc3ccccc32)c1O. The molecule has 0 amide bonds. The lowest BCUT2D eigenvalue weighted by molar-refractivity contribution is 0.458. The van der Waals surface area contributed by atoms with Gasteiger partial charge in [-0.2, -0.15) is 0 Å². The fraction of sp³-hybridized carbons (Fsp3) is 0.551. The van der Waals surface area contributed by atoms with E-state index in [0.717, 1.165) is 29.7 Å². The minimum Gasteiger partial charge on any atom is -0.507 e. The molecule has 282 valence electrons. The molecule has 2 aliphatic rings. The van der Waals surface area contributed by atoms with Crippen molar-refractivity contribution in [2.24, 2.45) is 0 Å². The molecule has 0 spiro atoms. The second kappa shape index (κ2) is 22.8. The molecule has 2 unspecified atom stereocenters. The lowest BCUT2D eigenvalue weighted by Crippen LogP contribution is -2.07. The van der Waals surface area contributed by atoms with Gasteiger partial charge in [-0.3, -0.25) is 0 Å². The number of phenolic OH excluding ortho intramolecular Hbond substituents is 1. The second-order valence-corrected chi connectivity index (χ2v) is 17.8. The Bertz CT molecular complexity index is 1570. The lowest BCUT2D eigenvalue weighted by atomic mass is 9.84. The molecule has 0 heterocycles. The Labute approximate surface area is 327 Å². The third-order valence-electron chi connectivity index (χ3n) is 11.2. The summed E-state index contributed by atoms with van der Waals surface area (Å²) in [6, 6.07) is 22.8. The van der Waals surface area contributed by atoms with Crippen molar-refractivity contribution in [3.63, 3.8) is 0 Å². The third-order valence-corrected chi connectivity index (χ3v) is 13.6. The first-order valence-electron chi connectivity index (χ1n) is 21.4. The van der Waals surface area contributed by atoms with E-state index in [1.807, 2.05) is 11.8 Å². The van der Waals surface area contributed by atoms with Gasteiger partial charge in [-0.25, -0.2) is 0 Å². The number of benzene rings is 3. The summed E-state index contributed by atoms with van der Waals surface area (Å²) in [4.78, 5) is 2.89. The molecule has 1 nitrogen and oxygen atoms in total. The Morgan fingerprint density at radius 1 is 0.481 bits per heavy atom. The minimum atomic E-state index is 0.0916. The van der Waals surface area contributed by atoms with Crippen LogP contribution in [-0.2, 0) is 6.42 Å². The second-order valence-electron chi connectivity index (χ2n) is 15.4. The first-order chi connectivity index (χ1) is 25.7. The molecule has 0 aromatic heterocycles. The lowest BCUT2D eigenvalue weighted by Gasteiger charge is -2.25. The van der Waals surface area contributed by atoms with E-state index in [9.17, 15) is 5.11 Å². The van der Waals surface area contributed by atoms with Gasteiger partial charge in [-0.1, -0.05) is 184 Å². The van der Waals surface area contributed by atoms with E-state index in [2.05, 4.69) is 105 Å².